The van der Waals surface area contributed by atoms with Gasteiger partial charge in [-0.05, 0) is 67.8 Å². The number of nitrogens with zero attached hydrogens (tertiary/aromatic N) is 1. The largest absolute Gasteiger partial charge is 0.559 e. The molecule has 1 amide bonds. The summed E-state index contributed by atoms with van der Waals surface area (Å²) < 4.78 is 16.7. The number of amides is 1. The number of likely N-dealkylation sites (tertiary alicyclic amines) is 1. The lowest BCUT2D eigenvalue weighted by atomic mass is 10.2. The molecule has 8 heteroatoms. The van der Waals surface area contributed by atoms with E-state index in [0.29, 0.717) is 30.8 Å². The monoisotopic (exact) mass is 452 g/mol. The number of benzene rings is 1. The molecule has 1 aromatic rings. The van der Waals surface area contributed by atoms with Gasteiger partial charge in [0.25, 0.3) is 0 Å². The highest BCUT2D eigenvalue weighted by molar-refractivity contribution is 6.74. The van der Waals surface area contributed by atoms with Crippen LogP contribution in [0.25, 0.3) is 0 Å². The molecule has 0 aromatic heterocycles. The van der Waals surface area contributed by atoms with Crippen LogP contribution in [0.1, 0.15) is 58.3 Å². The molecule has 1 saturated heterocycles. The highest BCUT2D eigenvalue weighted by atomic mass is 28.4. The molecular formula is C23H38NO6Si+. The summed E-state index contributed by atoms with van der Waals surface area (Å²) >= 11 is 0. The number of rotatable bonds is 5. The SMILES string of the molecule is COC(=O)c1ccc(O[N+]2(C(=O)OC(C)(C)C)CC[C@@H](O[Si](C)(C)C(C)(C)C)C2)cc1. The summed E-state index contributed by atoms with van der Waals surface area (Å²) in [5, 5.41) is 0.0712. The highest BCUT2D eigenvalue weighted by Gasteiger charge is 2.53. The van der Waals surface area contributed by atoms with E-state index in [1.807, 2.05) is 20.8 Å². The van der Waals surface area contributed by atoms with Gasteiger partial charge in [-0.3, -0.25) is 0 Å². The van der Waals surface area contributed by atoms with Gasteiger partial charge < -0.3 is 18.7 Å². The third-order valence-electron chi connectivity index (χ3n) is 5.86. The summed E-state index contributed by atoms with van der Waals surface area (Å²) in [5.74, 6) is 0.0538. The lowest BCUT2D eigenvalue weighted by Gasteiger charge is -2.38. The fourth-order valence-electron chi connectivity index (χ4n) is 3.16. The van der Waals surface area contributed by atoms with Gasteiger partial charge in [-0.15, -0.1) is 0 Å². The zero-order valence-electron chi connectivity index (χ0n) is 20.4. The van der Waals surface area contributed by atoms with Gasteiger partial charge in [0.2, 0.25) is 0 Å². The number of carbonyl (C=O) groups excluding carboxylic acids is 2. The highest BCUT2D eigenvalue weighted by Crippen LogP contribution is 2.39. The second-order valence-electron chi connectivity index (χ2n) is 10.7. The van der Waals surface area contributed by atoms with Crippen LogP contribution < -0.4 is 4.84 Å². The molecule has 1 aliphatic rings. The van der Waals surface area contributed by atoms with Crippen LogP contribution >= 0.6 is 0 Å². The molecule has 0 spiro atoms. The molecule has 0 radical (unpaired) electrons. The quantitative estimate of drug-likeness (QED) is 0.342. The molecule has 1 fully saturated rings. The average molecular weight is 453 g/mol. The number of methoxy groups -OCH3 is 1. The van der Waals surface area contributed by atoms with Gasteiger partial charge in [-0.2, -0.15) is 4.79 Å². The minimum absolute atomic E-state index is 0.0712. The fourth-order valence-corrected chi connectivity index (χ4v) is 4.54. The molecule has 1 aromatic carbocycles. The van der Waals surface area contributed by atoms with Crippen LogP contribution in [0.2, 0.25) is 18.1 Å². The summed E-state index contributed by atoms with van der Waals surface area (Å²) in [4.78, 5) is 31.1. The minimum Gasteiger partial charge on any atom is -0.465 e. The Kier molecular flexibility index (Phi) is 7.29. The lowest BCUT2D eigenvalue weighted by molar-refractivity contribution is -1.01. The average Bonchev–Trinajstić information content (AvgIpc) is 3.02. The number of hydrogen-bond acceptors (Lipinski definition) is 6. The first-order valence-electron chi connectivity index (χ1n) is 10.7. The van der Waals surface area contributed by atoms with E-state index in [0.717, 1.165) is 0 Å². The molecule has 1 unspecified atom stereocenters. The van der Waals surface area contributed by atoms with Gasteiger partial charge in [-0.1, -0.05) is 20.8 Å². The molecule has 0 N–H and O–H groups in total. The summed E-state index contributed by atoms with van der Waals surface area (Å²) in [5.41, 5.74) is -0.224. The van der Waals surface area contributed by atoms with E-state index in [1.165, 1.54) is 7.11 Å². The second kappa shape index (κ2) is 8.92. The second-order valence-corrected chi connectivity index (χ2v) is 15.4. The third kappa shape index (κ3) is 6.30. The van der Waals surface area contributed by atoms with Gasteiger partial charge >= 0.3 is 12.1 Å². The number of hydrogen-bond donors (Lipinski definition) is 0. The van der Waals surface area contributed by atoms with Crippen LogP contribution in [0.15, 0.2) is 24.3 Å². The van der Waals surface area contributed by atoms with Crippen molar-refractivity contribution < 1.29 is 33.0 Å². The van der Waals surface area contributed by atoms with E-state index in [1.54, 1.807) is 24.3 Å². The Morgan fingerprint density at radius 2 is 1.61 bits per heavy atom. The molecule has 2 rings (SSSR count). The summed E-state index contributed by atoms with van der Waals surface area (Å²) in [7, 11) is -0.664. The summed E-state index contributed by atoms with van der Waals surface area (Å²) in [6.45, 7) is 17.4. The van der Waals surface area contributed by atoms with Crippen LogP contribution in [-0.4, -0.2) is 56.9 Å². The first kappa shape index (κ1) is 25.4. The molecular weight excluding hydrogens is 414 g/mol. The van der Waals surface area contributed by atoms with Crippen molar-refractivity contribution in [3.05, 3.63) is 29.8 Å². The van der Waals surface area contributed by atoms with E-state index in [2.05, 4.69) is 33.9 Å². The van der Waals surface area contributed by atoms with E-state index in [-0.39, 0.29) is 15.8 Å². The van der Waals surface area contributed by atoms with Crippen molar-refractivity contribution in [2.45, 2.75) is 77.8 Å². The third-order valence-corrected chi connectivity index (χ3v) is 10.4. The van der Waals surface area contributed by atoms with Gasteiger partial charge in [0.1, 0.15) is 18.2 Å². The number of quaternary nitrogens is 1. The smallest absolute Gasteiger partial charge is 0.465 e. The maximum atomic E-state index is 13.2. The van der Waals surface area contributed by atoms with E-state index in [4.69, 9.17) is 18.7 Å². The van der Waals surface area contributed by atoms with Crippen LogP contribution in [0.3, 0.4) is 0 Å². The molecule has 2 atom stereocenters. The Morgan fingerprint density at radius 3 is 2.10 bits per heavy atom. The minimum atomic E-state index is -2.00. The first-order valence-corrected chi connectivity index (χ1v) is 13.7. The van der Waals surface area contributed by atoms with Crippen molar-refractivity contribution in [1.82, 2.24) is 0 Å². The zero-order valence-corrected chi connectivity index (χ0v) is 21.4. The first-order chi connectivity index (χ1) is 14.1. The molecule has 0 saturated carbocycles. The Morgan fingerprint density at radius 1 is 1.03 bits per heavy atom. The molecule has 174 valence electrons. The lowest BCUT2D eigenvalue weighted by Crippen LogP contribution is -2.56. The number of carbonyl (C=O) groups is 2. The maximum Gasteiger partial charge on any atom is 0.559 e. The van der Waals surface area contributed by atoms with E-state index in [9.17, 15) is 9.59 Å². The fraction of sp³-hybridized carbons (Fsp3) is 0.652. The van der Waals surface area contributed by atoms with Gasteiger partial charge in [0, 0.05) is 6.42 Å². The summed E-state index contributed by atoms with van der Waals surface area (Å²) in [6.07, 6.45) is 0.167. The van der Waals surface area contributed by atoms with Gasteiger partial charge in [0.05, 0.1) is 12.7 Å². The normalized spacial score (nSPS) is 22.2. The van der Waals surface area contributed by atoms with Crippen LogP contribution in [0, 0.1) is 0 Å². The Bertz CT molecular complexity index is 794. The van der Waals surface area contributed by atoms with Gasteiger partial charge in [0.15, 0.2) is 20.6 Å². The van der Waals surface area contributed by atoms with E-state index >= 15 is 0 Å². The maximum absolute atomic E-state index is 13.2. The predicted molar refractivity (Wildman–Crippen MR) is 121 cm³/mol. The van der Waals surface area contributed by atoms with Crippen molar-refractivity contribution in [2.24, 2.45) is 0 Å². The molecule has 1 heterocycles. The Balaban J connectivity index is 2.27. The van der Waals surface area contributed by atoms with Crippen molar-refractivity contribution >= 4 is 20.4 Å². The molecule has 0 bridgehead atoms. The standard InChI is InChI=1S/C23H38NO6Si/c1-22(2,3)28-21(26)24(29-18-12-10-17(11-13-18)20(25)27-7)15-14-19(16-24)30-31(8,9)23(4,5)6/h10-13,19H,14-16H2,1-9H3/q+1/t19-,24?/m1/s1. The molecule has 31 heavy (non-hydrogen) atoms. The molecule has 1 aliphatic heterocycles. The van der Waals surface area contributed by atoms with Crippen LogP contribution in [0.5, 0.6) is 5.75 Å². The topological polar surface area (TPSA) is 71.1 Å². The van der Waals surface area contributed by atoms with Crippen molar-refractivity contribution in [2.75, 3.05) is 20.2 Å². The number of ether oxygens (including phenoxy) is 2. The number of hydroxylamine groups is 3. The Labute approximate surface area is 187 Å². The van der Waals surface area contributed by atoms with Gasteiger partial charge in [-0.25, -0.2) is 4.79 Å². The Hall–Kier alpha value is -1.90. The van der Waals surface area contributed by atoms with Crippen LogP contribution in [0.4, 0.5) is 4.79 Å². The van der Waals surface area contributed by atoms with E-state index < -0.39 is 26.0 Å². The van der Waals surface area contributed by atoms with Crippen molar-refractivity contribution in [1.29, 1.82) is 0 Å². The zero-order chi connectivity index (χ0) is 23.7. The van der Waals surface area contributed by atoms with Crippen LogP contribution in [-0.2, 0) is 13.9 Å². The van der Waals surface area contributed by atoms with Crippen molar-refractivity contribution in [3.63, 3.8) is 0 Å². The predicted octanol–water partition coefficient (Wildman–Crippen LogP) is 5.31. The van der Waals surface area contributed by atoms with Crippen molar-refractivity contribution in [3.8, 4) is 5.75 Å². The summed E-state index contributed by atoms with van der Waals surface area (Å²) in [6, 6.07) is 6.57. The number of esters is 1. The molecule has 0 aliphatic carbocycles. The molecule has 7 nitrogen and oxygen atoms in total.